The SMILES string of the molecule is CCOC(=O)c1[nH]nc2c1CCc1cc(O)ccc1-2. The average molecular weight is 258 g/mol. The third kappa shape index (κ3) is 1.87. The van der Waals surface area contributed by atoms with E-state index in [0.717, 1.165) is 35.2 Å². The summed E-state index contributed by atoms with van der Waals surface area (Å²) in [5.74, 6) is -0.109. The van der Waals surface area contributed by atoms with E-state index in [-0.39, 0.29) is 11.7 Å². The van der Waals surface area contributed by atoms with Gasteiger partial charge in [0.15, 0.2) is 0 Å². The summed E-state index contributed by atoms with van der Waals surface area (Å²) in [5, 5.41) is 16.5. The van der Waals surface area contributed by atoms with Gasteiger partial charge in [0.2, 0.25) is 0 Å². The molecule has 2 N–H and O–H groups in total. The lowest BCUT2D eigenvalue weighted by atomic mass is 9.89. The lowest BCUT2D eigenvalue weighted by molar-refractivity contribution is 0.0518. The van der Waals surface area contributed by atoms with Crippen LogP contribution in [0.3, 0.4) is 0 Å². The number of benzene rings is 1. The van der Waals surface area contributed by atoms with Crippen LogP contribution in [0.15, 0.2) is 18.2 Å². The number of esters is 1. The number of phenolic OH excluding ortho intramolecular Hbond substituents is 1. The molecule has 19 heavy (non-hydrogen) atoms. The van der Waals surface area contributed by atoms with Gasteiger partial charge in [0.25, 0.3) is 0 Å². The molecule has 1 aliphatic rings. The van der Waals surface area contributed by atoms with E-state index in [2.05, 4.69) is 10.2 Å². The van der Waals surface area contributed by atoms with Crippen LogP contribution in [0, 0.1) is 0 Å². The standard InChI is InChI=1S/C14H14N2O3/c1-2-19-14(18)13-11-5-3-8-7-9(17)4-6-10(8)12(11)15-16-13/h4,6-7,17H,2-3,5H2,1H3,(H,15,16). The van der Waals surface area contributed by atoms with E-state index in [4.69, 9.17) is 4.74 Å². The van der Waals surface area contributed by atoms with Crippen molar-refractivity contribution in [3.05, 3.63) is 35.0 Å². The van der Waals surface area contributed by atoms with Crippen molar-refractivity contribution in [1.82, 2.24) is 10.2 Å². The second-order valence-corrected chi connectivity index (χ2v) is 4.49. The number of carbonyl (C=O) groups is 1. The third-order valence-corrected chi connectivity index (χ3v) is 3.33. The molecule has 0 spiro atoms. The molecule has 5 heteroatoms. The van der Waals surface area contributed by atoms with Crippen LogP contribution >= 0.6 is 0 Å². The first kappa shape index (κ1) is 11.8. The number of aryl methyl sites for hydroxylation is 1. The van der Waals surface area contributed by atoms with E-state index in [1.807, 2.05) is 6.07 Å². The first-order chi connectivity index (χ1) is 9.20. The molecule has 5 nitrogen and oxygen atoms in total. The van der Waals surface area contributed by atoms with Crippen molar-refractivity contribution >= 4 is 5.97 Å². The fourth-order valence-electron chi connectivity index (χ4n) is 2.48. The number of aromatic hydroxyl groups is 1. The Morgan fingerprint density at radius 2 is 2.32 bits per heavy atom. The number of aromatic nitrogens is 2. The molecule has 3 rings (SSSR count). The lowest BCUT2D eigenvalue weighted by Crippen LogP contribution is -2.10. The zero-order valence-corrected chi connectivity index (χ0v) is 10.6. The van der Waals surface area contributed by atoms with Gasteiger partial charge in [0.05, 0.1) is 12.3 Å². The first-order valence-corrected chi connectivity index (χ1v) is 6.27. The van der Waals surface area contributed by atoms with Crippen LogP contribution in [0.4, 0.5) is 0 Å². The number of H-pyrrole nitrogens is 1. The number of nitrogens with one attached hydrogen (secondary N) is 1. The van der Waals surface area contributed by atoms with Gasteiger partial charge in [0.1, 0.15) is 11.4 Å². The topological polar surface area (TPSA) is 75.2 Å². The van der Waals surface area contributed by atoms with Crippen LogP contribution in [0.2, 0.25) is 0 Å². The van der Waals surface area contributed by atoms with Gasteiger partial charge in [-0.05, 0) is 43.5 Å². The van der Waals surface area contributed by atoms with E-state index < -0.39 is 0 Å². The molecule has 1 aromatic heterocycles. The van der Waals surface area contributed by atoms with Crippen LogP contribution in [0.1, 0.15) is 28.5 Å². The molecular weight excluding hydrogens is 244 g/mol. The number of ether oxygens (including phenoxy) is 1. The minimum atomic E-state index is -0.363. The second-order valence-electron chi connectivity index (χ2n) is 4.49. The van der Waals surface area contributed by atoms with E-state index in [9.17, 15) is 9.90 Å². The van der Waals surface area contributed by atoms with Gasteiger partial charge >= 0.3 is 5.97 Å². The van der Waals surface area contributed by atoms with Gasteiger partial charge < -0.3 is 9.84 Å². The summed E-state index contributed by atoms with van der Waals surface area (Å²) < 4.78 is 5.01. The molecule has 0 fully saturated rings. The molecule has 0 amide bonds. The van der Waals surface area contributed by atoms with Crippen molar-refractivity contribution < 1.29 is 14.6 Å². The second kappa shape index (κ2) is 4.42. The highest BCUT2D eigenvalue weighted by atomic mass is 16.5. The van der Waals surface area contributed by atoms with Crippen molar-refractivity contribution in [1.29, 1.82) is 0 Å². The Labute approximate surface area is 110 Å². The summed E-state index contributed by atoms with van der Waals surface area (Å²) in [4.78, 5) is 11.8. The Balaban J connectivity index is 2.07. The Kier molecular flexibility index (Phi) is 2.74. The Bertz CT molecular complexity index is 646. The summed E-state index contributed by atoms with van der Waals surface area (Å²) >= 11 is 0. The van der Waals surface area contributed by atoms with Gasteiger partial charge in [-0.25, -0.2) is 4.79 Å². The number of aromatic amines is 1. The minimum Gasteiger partial charge on any atom is -0.508 e. The number of fused-ring (bicyclic) bond motifs is 3. The zero-order chi connectivity index (χ0) is 13.4. The summed E-state index contributed by atoms with van der Waals surface area (Å²) in [6, 6.07) is 5.21. The smallest absolute Gasteiger partial charge is 0.356 e. The molecule has 0 aliphatic heterocycles. The molecule has 98 valence electrons. The van der Waals surface area contributed by atoms with E-state index in [0.29, 0.717) is 12.3 Å². The molecule has 0 saturated carbocycles. The largest absolute Gasteiger partial charge is 0.508 e. The van der Waals surface area contributed by atoms with Crippen LogP contribution in [-0.2, 0) is 17.6 Å². The van der Waals surface area contributed by atoms with Gasteiger partial charge in [0, 0.05) is 11.1 Å². The van der Waals surface area contributed by atoms with E-state index in [1.54, 1.807) is 19.1 Å². The predicted molar refractivity (Wildman–Crippen MR) is 69.1 cm³/mol. The van der Waals surface area contributed by atoms with Crippen molar-refractivity contribution in [2.45, 2.75) is 19.8 Å². The fourth-order valence-corrected chi connectivity index (χ4v) is 2.48. The molecule has 0 saturated heterocycles. The highest BCUT2D eigenvalue weighted by Gasteiger charge is 2.25. The molecular formula is C14H14N2O3. The van der Waals surface area contributed by atoms with Crippen LogP contribution in [0.25, 0.3) is 11.3 Å². The number of rotatable bonds is 2. The minimum absolute atomic E-state index is 0.253. The summed E-state index contributed by atoms with van der Waals surface area (Å²) in [6.45, 7) is 2.12. The average Bonchev–Trinajstić information content (AvgIpc) is 2.82. The quantitative estimate of drug-likeness (QED) is 0.808. The normalized spacial score (nSPS) is 12.7. The van der Waals surface area contributed by atoms with Crippen molar-refractivity contribution in [2.75, 3.05) is 6.61 Å². The number of hydrogen-bond donors (Lipinski definition) is 2. The summed E-state index contributed by atoms with van der Waals surface area (Å²) in [5.41, 5.74) is 4.14. The molecule has 0 atom stereocenters. The monoisotopic (exact) mass is 258 g/mol. The molecule has 2 aromatic rings. The Hall–Kier alpha value is -2.30. The van der Waals surface area contributed by atoms with Crippen molar-refractivity contribution in [3.63, 3.8) is 0 Å². The van der Waals surface area contributed by atoms with E-state index in [1.165, 1.54) is 0 Å². The first-order valence-electron chi connectivity index (χ1n) is 6.27. The van der Waals surface area contributed by atoms with Gasteiger partial charge in [-0.1, -0.05) is 0 Å². The van der Waals surface area contributed by atoms with Gasteiger partial charge in [-0.15, -0.1) is 0 Å². The molecule has 1 heterocycles. The van der Waals surface area contributed by atoms with Gasteiger partial charge in [-0.3, -0.25) is 5.10 Å². The summed E-state index contributed by atoms with van der Waals surface area (Å²) in [7, 11) is 0. The van der Waals surface area contributed by atoms with Crippen LogP contribution in [-0.4, -0.2) is 27.9 Å². The lowest BCUT2D eigenvalue weighted by Gasteiger charge is -2.15. The highest BCUT2D eigenvalue weighted by Crippen LogP contribution is 2.35. The number of hydrogen-bond acceptors (Lipinski definition) is 4. The maximum Gasteiger partial charge on any atom is 0.356 e. The van der Waals surface area contributed by atoms with Gasteiger partial charge in [-0.2, -0.15) is 5.10 Å². The highest BCUT2D eigenvalue weighted by molar-refractivity contribution is 5.92. The number of phenols is 1. The Morgan fingerprint density at radius 3 is 3.11 bits per heavy atom. The molecule has 0 bridgehead atoms. The van der Waals surface area contributed by atoms with Crippen molar-refractivity contribution in [2.24, 2.45) is 0 Å². The molecule has 0 unspecified atom stereocenters. The molecule has 0 radical (unpaired) electrons. The van der Waals surface area contributed by atoms with Crippen LogP contribution in [0.5, 0.6) is 5.75 Å². The maximum absolute atomic E-state index is 11.8. The maximum atomic E-state index is 11.8. The van der Waals surface area contributed by atoms with E-state index >= 15 is 0 Å². The predicted octanol–water partition coefficient (Wildman–Crippen LogP) is 2.06. The number of carbonyl (C=O) groups excluding carboxylic acids is 1. The van der Waals surface area contributed by atoms with Crippen LogP contribution < -0.4 is 0 Å². The molecule has 1 aromatic carbocycles. The number of nitrogens with zero attached hydrogens (tertiary/aromatic N) is 1. The zero-order valence-electron chi connectivity index (χ0n) is 10.6. The van der Waals surface area contributed by atoms with Crippen molar-refractivity contribution in [3.8, 4) is 17.0 Å². The summed E-state index contributed by atoms with van der Waals surface area (Å²) in [6.07, 6.45) is 1.50. The fraction of sp³-hybridized carbons (Fsp3) is 0.286. The third-order valence-electron chi connectivity index (χ3n) is 3.33. The Morgan fingerprint density at radius 1 is 1.47 bits per heavy atom. The molecule has 1 aliphatic carbocycles.